The van der Waals surface area contributed by atoms with Crippen molar-refractivity contribution in [2.75, 3.05) is 18.4 Å². The average Bonchev–Trinajstić information content (AvgIpc) is 3.21. The summed E-state index contributed by atoms with van der Waals surface area (Å²) >= 11 is 0. The Labute approximate surface area is 145 Å². The number of hydrogen-bond donors (Lipinski definition) is 2. The zero-order valence-corrected chi connectivity index (χ0v) is 14.4. The first kappa shape index (κ1) is 19.1. The van der Waals surface area contributed by atoms with Crippen molar-refractivity contribution >= 4 is 33.8 Å². The number of benzene rings is 1. The molecule has 1 saturated carbocycles. The molecule has 2 fully saturated rings. The van der Waals surface area contributed by atoms with E-state index in [1.165, 1.54) is 12.1 Å². The van der Waals surface area contributed by atoms with Crippen molar-refractivity contribution in [1.82, 2.24) is 5.32 Å². The van der Waals surface area contributed by atoms with E-state index in [9.17, 15) is 22.0 Å². The number of amides is 1. The van der Waals surface area contributed by atoms with E-state index < -0.39 is 20.5 Å². The molecule has 1 aromatic rings. The Morgan fingerprint density at radius 3 is 2.58 bits per heavy atom. The van der Waals surface area contributed by atoms with Crippen LogP contribution >= 0.6 is 12.4 Å². The molecule has 134 valence electrons. The standard InChI is InChI=1S/C15H18F2N2O3S.ClH/c16-14(17)23(21,22)11-3-1-2-10(8-11)19-13(20)12-9-15(12)4-6-18-7-5-15;/h1-3,8,12,14,18H,4-7,9H2,(H,19,20);1H. The third-order valence-corrected chi connectivity index (χ3v) is 6.15. The van der Waals surface area contributed by atoms with Crippen LogP contribution in [0.1, 0.15) is 19.3 Å². The molecule has 5 nitrogen and oxygen atoms in total. The van der Waals surface area contributed by atoms with Crippen LogP contribution in [-0.4, -0.2) is 33.2 Å². The van der Waals surface area contributed by atoms with Gasteiger partial charge in [0.25, 0.3) is 0 Å². The first-order chi connectivity index (χ1) is 10.8. The summed E-state index contributed by atoms with van der Waals surface area (Å²) in [5.74, 6) is -3.73. The lowest BCUT2D eigenvalue weighted by Gasteiger charge is -2.23. The Kier molecular flexibility index (Phi) is 5.51. The van der Waals surface area contributed by atoms with Gasteiger partial charge in [-0.25, -0.2) is 8.42 Å². The molecule has 24 heavy (non-hydrogen) atoms. The SMILES string of the molecule is Cl.O=C(Nc1cccc(S(=O)(=O)C(F)F)c1)C1CC12CCNCC2. The Hall–Kier alpha value is -1.25. The highest BCUT2D eigenvalue weighted by molar-refractivity contribution is 7.91. The van der Waals surface area contributed by atoms with Gasteiger partial charge in [0.15, 0.2) is 0 Å². The van der Waals surface area contributed by atoms with Crippen LogP contribution in [0.5, 0.6) is 0 Å². The van der Waals surface area contributed by atoms with E-state index in [1.54, 1.807) is 0 Å². The van der Waals surface area contributed by atoms with Gasteiger partial charge in [-0.05, 0) is 56.0 Å². The zero-order valence-electron chi connectivity index (χ0n) is 12.8. The van der Waals surface area contributed by atoms with Gasteiger partial charge in [0.05, 0.1) is 4.90 Å². The highest BCUT2D eigenvalue weighted by Gasteiger charge is 2.57. The lowest BCUT2D eigenvalue weighted by atomic mass is 9.92. The molecule has 1 aromatic carbocycles. The van der Waals surface area contributed by atoms with Gasteiger partial charge in [-0.2, -0.15) is 8.78 Å². The van der Waals surface area contributed by atoms with E-state index in [1.807, 2.05) is 0 Å². The monoisotopic (exact) mass is 380 g/mol. The van der Waals surface area contributed by atoms with Crippen molar-refractivity contribution in [3.63, 3.8) is 0 Å². The summed E-state index contributed by atoms with van der Waals surface area (Å²) in [5.41, 5.74) is 0.287. The summed E-state index contributed by atoms with van der Waals surface area (Å²) < 4.78 is 48.2. The van der Waals surface area contributed by atoms with Gasteiger partial charge >= 0.3 is 5.76 Å². The number of carbonyl (C=O) groups is 1. The van der Waals surface area contributed by atoms with Gasteiger partial charge in [0.2, 0.25) is 15.7 Å². The quantitative estimate of drug-likeness (QED) is 0.841. The normalized spacial score (nSPS) is 22.0. The second kappa shape index (κ2) is 6.93. The molecule has 2 N–H and O–H groups in total. The van der Waals surface area contributed by atoms with Crippen molar-refractivity contribution in [3.05, 3.63) is 24.3 Å². The minimum absolute atomic E-state index is 0. The molecule has 1 heterocycles. The van der Waals surface area contributed by atoms with E-state index in [-0.39, 0.29) is 35.3 Å². The van der Waals surface area contributed by atoms with Gasteiger partial charge in [-0.1, -0.05) is 6.07 Å². The summed E-state index contributed by atoms with van der Waals surface area (Å²) in [6.07, 6.45) is 2.73. The minimum Gasteiger partial charge on any atom is -0.326 e. The largest absolute Gasteiger partial charge is 0.341 e. The van der Waals surface area contributed by atoms with E-state index in [2.05, 4.69) is 10.6 Å². The fourth-order valence-corrected chi connectivity index (χ4v) is 4.04. The number of rotatable bonds is 4. The Morgan fingerprint density at radius 1 is 1.29 bits per heavy atom. The third kappa shape index (κ3) is 3.55. The number of hydrogen-bond acceptors (Lipinski definition) is 4. The molecule has 0 radical (unpaired) electrons. The third-order valence-electron chi connectivity index (χ3n) is 4.77. The van der Waals surface area contributed by atoms with Crippen LogP contribution in [0, 0.1) is 11.3 Å². The Balaban J connectivity index is 0.00000208. The smallest absolute Gasteiger partial charge is 0.326 e. The molecule has 1 amide bonds. The highest BCUT2D eigenvalue weighted by atomic mass is 35.5. The summed E-state index contributed by atoms with van der Waals surface area (Å²) in [6, 6.07) is 5.03. The van der Waals surface area contributed by atoms with Gasteiger partial charge in [0, 0.05) is 11.6 Å². The summed E-state index contributed by atoms with van der Waals surface area (Å²) in [7, 11) is -4.66. The van der Waals surface area contributed by atoms with Crippen molar-refractivity contribution < 1.29 is 22.0 Å². The van der Waals surface area contributed by atoms with Crippen LogP contribution in [0.2, 0.25) is 0 Å². The van der Waals surface area contributed by atoms with E-state index in [0.717, 1.165) is 44.5 Å². The maximum absolute atomic E-state index is 12.6. The number of alkyl halides is 2. The van der Waals surface area contributed by atoms with Crippen LogP contribution in [-0.2, 0) is 14.6 Å². The van der Waals surface area contributed by atoms with E-state index in [4.69, 9.17) is 0 Å². The maximum atomic E-state index is 12.6. The molecule has 0 aromatic heterocycles. The van der Waals surface area contributed by atoms with Gasteiger partial charge < -0.3 is 10.6 Å². The van der Waals surface area contributed by atoms with E-state index in [0.29, 0.717) is 0 Å². The van der Waals surface area contributed by atoms with Crippen molar-refractivity contribution in [2.24, 2.45) is 11.3 Å². The topological polar surface area (TPSA) is 75.3 Å². The number of nitrogens with one attached hydrogen (secondary N) is 2. The number of carbonyl (C=O) groups excluding carboxylic acids is 1. The fraction of sp³-hybridized carbons (Fsp3) is 0.533. The van der Waals surface area contributed by atoms with Gasteiger partial charge in [0.1, 0.15) is 0 Å². The molecule has 1 saturated heterocycles. The predicted octanol–water partition coefficient (Wildman–Crippen LogP) is 2.43. The van der Waals surface area contributed by atoms with Crippen LogP contribution < -0.4 is 10.6 Å². The van der Waals surface area contributed by atoms with Crippen LogP contribution in [0.15, 0.2) is 29.2 Å². The molecule has 1 spiro atoms. The zero-order chi connectivity index (χ0) is 16.7. The molecular weight excluding hydrogens is 362 g/mol. The van der Waals surface area contributed by atoms with E-state index >= 15 is 0 Å². The van der Waals surface area contributed by atoms with Gasteiger partial charge in [-0.3, -0.25) is 4.79 Å². The van der Waals surface area contributed by atoms with Crippen molar-refractivity contribution in [1.29, 1.82) is 0 Å². The summed E-state index contributed by atoms with van der Waals surface area (Å²) in [6.45, 7) is 1.79. The second-order valence-electron chi connectivity index (χ2n) is 6.19. The summed E-state index contributed by atoms with van der Waals surface area (Å²) in [4.78, 5) is 11.8. The lowest BCUT2D eigenvalue weighted by Crippen LogP contribution is -2.31. The Bertz CT molecular complexity index is 721. The molecule has 0 bridgehead atoms. The maximum Gasteiger partial charge on any atom is 0.341 e. The average molecular weight is 381 g/mol. The molecule has 9 heteroatoms. The first-order valence-electron chi connectivity index (χ1n) is 7.49. The molecule has 1 aliphatic carbocycles. The number of halogens is 3. The minimum atomic E-state index is -4.66. The predicted molar refractivity (Wildman–Crippen MR) is 88.2 cm³/mol. The molecule has 2 aliphatic rings. The van der Waals surface area contributed by atoms with Crippen molar-refractivity contribution in [3.8, 4) is 0 Å². The molecule has 1 aliphatic heterocycles. The Morgan fingerprint density at radius 2 is 1.96 bits per heavy atom. The molecule has 3 rings (SSSR count). The molecule has 1 unspecified atom stereocenters. The number of anilines is 1. The second-order valence-corrected chi connectivity index (χ2v) is 8.11. The van der Waals surface area contributed by atoms with Crippen molar-refractivity contribution in [2.45, 2.75) is 29.9 Å². The number of sulfone groups is 1. The van der Waals surface area contributed by atoms with Gasteiger partial charge in [-0.15, -0.1) is 12.4 Å². The molecule has 1 atom stereocenters. The van der Waals surface area contributed by atoms with Crippen LogP contribution in [0.4, 0.5) is 14.5 Å². The first-order valence-corrected chi connectivity index (χ1v) is 9.03. The fourth-order valence-electron chi connectivity index (χ4n) is 3.28. The lowest BCUT2D eigenvalue weighted by molar-refractivity contribution is -0.118. The van der Waals surface area contributed by atoms with Crippen LogP contribution in [0.3, 0.4) is 0 Å². The number of piperidine rings is 1. The highest BCUT2D eigenvalue weighted by Crippen LogP contribution is 2.58. The van der Waals surface area contributed by atoms with Crippen LogP contribution in [0.25, 0.3) is 0 Å². The molecular formula is C15H19ClF2N2O3S. The summed E-state index contributed by atoms with van der Waals surface area (Å²) in [5, 5.41) is 5.91.